The molecular formula is C14H16N4O. The van der Waals surface area contributed by atoms with E-state index in [1.54, 1.807) is 4.68 Å². The van der Waals surface area contributed by atoms with Crippen molar-refractivity contribution in [3.63, 3.8) is 0 Å². The molecule has 0 fully saturated rings. The second-order valence-corrected chi connectivity index (χ2v) is 4.88. The van der Waals surface area contributed by atoms with E-state index >= 15 is 0 Å². The quantitative estimate of drug-likeness (QED) is 0.818. The van der Waals surface area contributed by atoms with Gasteiger partial charge in [0.1, 0.15) is 11.9 Å². The smallest absolute Gasteiger partial charge is 0.249 e. The highest BCUT2D eigenvalue weighted by molar-refractivity contribution is 5.95. The Morgan fingerprint density at radius 1 is 1.42 bits per heavy atom. The number of aromatic nitrogens is 2. The summed E-state index contributed by atoms with van der Waals surface area (Å²) in [7, 11) is 0. The van der Waals surface area contributed by atoms with Gasteiger partial charge in [-0.05, 0) is 31.4 Å². The average molecular weight is 256 g/mol. The maximum atomic E-state index is 12.3. The first kappa shape index (κ1) is 11.8. The van der Waals surface area contributed by atoms with Gasteiger partial charge in [-0.1, -0.05) is 18.2 Å². The first-order valence-electron chi connectivity index (χ1n) is 6.35. The van der Waals surface area contributed by atoms with E-state index in [2.05, 4.69) is 10.4 Å². The van der Waals surface area contributed by atoms with Crippen LogP contribution in [0.4, 0.5) is 11.5 Å². The molecule has 1 aliphatic heterocycles. The van der Waals surface area contributed by atoms with E-state index in [-0.39, 0.29) is 11.9 Å². The molecule has 3 rings (SSSR count). The summed E-state index contributed by atoms with van der Waals surface area (Å²) in [6.45, 7) is 1.89. The SMILES string of the molecule is Cc1cn(C2CCc3ccccc3NC2=O)nc1N. The van der Waals surface area contributed by atoms with Crippen LogP contribution >= 0.6 is 0 Å². The van der Waals surface area contributed by atoms with Gasteiger partial charge in [0.05, 0.1) is 0 Å². The number of amides is 1. The number of fused-ring (bicyclic) bond motifs is 1. The van der Waals surface area contributed by atoms with Crippen molar-refractivity contribution in [1.82, 2.24) is 9.78 Å². The predicted octanol–water partition coefficient (Wildman–Crippen LogP) is 1.90. The van der Waals surface area contributed by atoms with E-state index in [9.17, 15) is 4.79 Å². The summed E-state index contributed by atoms with van der Waals surface area (Å²) in [6, 6.07) is 7.58. The van der Waals surface area contributed by atoms with Crippen LogP contribution < -0.4 is 11.1 Å². The largest absolute Gasteiger partial charge is 0.382 e. The Labute approximate surface area is 111 Å². The second kappa shape index (κ2) is 4.42. The van der Waals surface area contributed by atoms with Crippen molar-refractivity contribution in [3.8, 4) is 0 Å². The van der Waals surface area contributed by atoms with Crippen molar-refractivity contribution < 1.29 is 4.79 Å². The molecule has 19 heavy (non-hydrogen) atoms. The van der Waals surface area contributed by atoms with E-state index in [4.69, 9.17) is 5.73 Å². The number of para-hydroxylation sites is 1. The van der Waals surface area contributed by atoms with Crippen LogP contribution in [-0.2, 0) is 11.2 Å². The number of nitrogens with two attached hydrogens (primary N) is 1. The van der Waals surface area contributed by atoms with E-state index in [1.165, 1.54) is 0 Å². The molecule has 1 unspecified atom stereocenters. The van der Waals surface area contributed by atoms with Crippen LogP contribution in [0.2, 0.25) is 0 Å². The lowest BCUT2D eigenvalue weighted by Crippen LogP contribution is -2.25. The first-order chi connectivity index (χ1) is 9.15. The maximum Gasteiger partial charge on any atom is 0.249 e. The molecule has 1 aromatic carbocycles. The van der Waals surface area contributed by atoms with E-state index in [1.807, 2.05) is 37.4 Å². The topological polar surface area (TPSA) is 72.9 Å². The number of carbonyl (C=O) groups excluding carboxylic acids is 1. The van der Waals surface area contributed by atoms with Gasteiger partial charge < -0.3 is 11.1 Å². The Balaban J connectivity index is 1.92. The molecular weight excluding hydrogens is 240 g/mol. The summed E-state index contributed by atoms with van der Waals surface area (Å²) in [6.07, 6.45) is 3.40. The van der Waals surface area contributed by atoms with Gasteiger partial charge in [-0.2, -0.15) is 5.10 Å². The second-order valence-electron chi connectivity index (χ2n) is 4.88. The number of hydrogen-bond donors (Lipinski definition) is 2. The summed E-state index contributed by atoms with van der Waals surface area (Å²) < 4.78 is 1.67. The summed E-state index contributed by atoms with van der Waals surface area (Å²) in [5, 5.41) is 7.18. The lowest BCUT2D eigenvalue weighted by molar-refractivity contribution is -0.119. The molecule has 0 radical (unpaired) electrons. The zero-order valence-electron chi connectivity index (χ0n) is 10.8. The minimum absolute atomic E-state index is 0.0348. The number of anilines is 2. The zero-order valence-corrected chi connectivity index (χ0v) is 10.8. The minimum Gasteiger partial charge on any atom is -0.382 e. The van der Waals surface area contributed by atoms with Crippen molar-refractivity contribution in [1.29, 1.82) is 0 Å². The fourth-order valence-corrected chi connectivity index (χ4v) is 2.41. The van der Waals surface area contributed by atoms with Crippen LogP contribution in [0.3, 0.4) is 0 Å². The Bertz CT molecular complexity index is 613. The predicted molar refractivity (Wildman–Crippen MR) is 73.8 cm³/mol. The highest BCUT2D eigenvalue weighted by Crippen LogP contribution is 2.27. The van der Waals surface area contributed by atoms with Gasteiger partial charge >= 0.3 is 0 Å². The summed E-state index contributed by atoms with van der Waals surface area (Å²) in [4.78, 5) is 12.3. The Morgan fingerprint density at radius 3 is 2.95 bits per heavy atom. The fourth-order valence-electron chi connectivity index (χ4n) is 2.41. The number of benzene rings is 1. The van der Waals surface area contributed by atoms with Crippen LogP contribution in [0.5, 0.6) is 0 Å². The molecule has 0 saturated carbocycles. The average Bonchev–Trinajstić information content (AvgIpc) is 2.62. The summed E-state index contributed by atoms with van der Waals surface area (Å²) >= 11 is 0. The molecule has 2 aromatic rings. The van der Waals surface area contributed by atoms with E-state index in [0.29, 0.717) is 5.82 Å². The summed E-state index contributed by atoms with van der Waals surface area (Å²) in [5.74, 6) is 0.446. The lowest BCUT2D eigenvalue weighted by atomic mass is 10.1. The molecule has 0 aliphatic carbocycles. The third kappa shape index (κ3) is 2.07. The monoisotopic (exact) mass is 256 g/mol. The third-order valence-electron chi connectivity index (χ3n) is 3.54. The van der Waals surface area contributed by atoms with Crippen molar-refractivity contribution in [2.75, 3.05) is 11.1 Å². The van der Waals surface area contributed by atoms with Crippen LogP contribution in [0.25, 0.3) is 0 Å². The van der Waals surface area contributed by atoms with Gasteiger partial charge in [0, 0.05) is 17.4 Å². The molecule has 0 spiro atoms. The molecule has 0 bridgehead atoms. The zero-order chi connectivity index (χ0) is 13.4. The maximum absolute atomic E-state index is 12.3. The molecule has 1 aliphatic rings. The van der Waals surface area contributed by atoms with E-state index < -0.39 is 0 Å². The number of hydrogen-bond acceptors (Lipinski definition) is 3. The van der Waals surface area contributed by atoms with Gasteiger partial charge in [0.2, 0.25) is 5.91 Å². The first-order valence-corrected chi connectivity index (χ1v) is 6.35. The van der Waals surface area contributed by atoms with Crippen molar-refractivity contribution in [2.45, 2.75) is 25.8 Å². The minimum atomic E-state index is -0.302. The molecule has 0 saturated heterocycles. The van der Waals surface area contributed by atoms with Gasteiger partial charge in [-0.15, -0.1) is 0 Å². The van der Waals surface area contributed by atoms with Crippen molar-refractivity contribution in [2.24, 2.45) is 0 Å². The highest BCUT2D eigenvalue weighted by Gasteiger charge is 2.25. The third-order valence-corrected chi connectivity index (χ3v) is 3.54. The Hall–Kier alpha value is -2.30. The normalized spacial score (nSPS) is 18.6. The molecule has 1 atom stereocenters. The van der Waals surface area contributed by atoms with Crippen molar-refractivity contribution in [3.05, 3.63) is 41.6 Å². The van der Waals surface area contributed by atoms with Gasteiger partial charge in [-0.25, -0.2) is 0 Å². The highest BCUT2D eigenvalue weighted by atomic mass is 16.2. The molecule has 1 amide bonds. The molecule has 2 heterocycles. The number of nitrogens with one attached hydrogen (secondary N) is 1. The van der Waals surface area contributed by atoms with Gasteiger partial charge in [0.15, 0.2) is 0 Å². The van der Waals surface area contributed by atoms with Crippen LogP contribution in [0.1, 0.15) is 23.6 Å². The number of nitrogens with zero attached hydrogens (tertiary/aromatic N) is 2. The molecule has 1 aromatic heterocycles. The number of aryl methyl sites for hydroxylation is 2. The van der Waals surface area contributed by atoms with Crippen LogP contribution in [0.15, 0.2) is 30.5 Å². The lowest BCUT2D eigenvalue weighted by Gasteiger charge is -2.13. The molecule has 3 N–H and O–H groups in total. The molecule has 5 nitrogen and oxygen atoms in total. The Kier molecular flexibility index (Phi) is 2.74. The van der Waals surface area contributed by atoms with Gasteiger partial charge in [0.25, 0.3) is 0 Å². The van der Waals surface area contributed by atoms with Crippen LogP contribution in [0, 0.1) is 6.92 Å². The number of nitrogen functional groups attached to an aromatic ring is 1. The Morgan fingerprint density at radius 2 is 2.21 bits per heavy atom. The number of carbonyl (C=O) groups is 1. The number of rotatable bonds is 1. The molecule has 98 valence electrons. The van der Waals surface area contributed by atoms with Crippen molar-refractivity contribution >= 4 is 17.4 Å². The standard InChI is InChI=1S/C14H16N4O/c1-9-8-18(17-13(9)15)12-7-6-10-4-2-3-5-11(10)16-14(12)19/h2-5,8,12H,6-7H2,1H3,(H2,15,17)(H,16,19). The van der Waals surface area contributed by atoms with Crippen LogP contribution in [-0.4, -0.2) is 15.7 Å². The van der Waals surface area contributed by atoms with Gasteiger partial charge in [-0.3, -0.25) is 9.48 Å². The van der Waals surface area contributed by atoms with E-state index in [0.717, 1.165) is 29.7 Å². The molecule has 5 heteroatoms. The summed E-state index contributed by atoms with van der Waals surface area (Å²) in [5.41, 5.74) is 8.71. The fraction of sp³-hybridized carbons (Fsp3) is 0.286.